The maximum Gasteiger partial charge on any atom is 0.0550 e. The van der Waals surface area contributed by atoms with E-state index in [2.05, 4.69) is 21.3 Å². The van der Waals surface area contributed by atoms with Crippen LogP contribution in [0.15, 0.2) is 17.5 Å². The van der Waals surface area contributed by atoms with E-state index in [0.717, 1.165) is 0 Å². The van der Waals surface area contributed by atoms with Crippen molar-refractivity contribution in [3.63, 3.8) is 0 Å². The quantitative estimate of drug-likeness (QED) is 0.494. The molecule has 1 radical (unpaired) electrons. The molecule has 5 heteroatoms. The number of rotatable bonds is 1. The standard InChI is InChI=1S/C4H2N4.Y/c5-8-4-3-6-1-2-7-4;/h1-2H;/q-2;. The van der Waals surface area contributed by atoms with Gasteiger partial charge in [-0.3, -0.25) is 4.98 Å². The van der Waals surface area contributed by atoms with Crippen molar-refractivity contribution >= 4 is 5.82 Å². The van der Waals surface area contributed by atoms with E-state index in [0.29, 0.717) is 0 Å². The summed E-state index contributed by atoms with van der Waals surface area (Å²) < 4.78 is 0. The van der Waals surface area contributed by atoms with Gasteiger partial charge in [0.25, 0.3) is 0 Å². The zero-order chi connectivity index (χ0) is 5.82. The minimum Gasteiger partial charge on any atom is -0.706 e. The van der Waals surface area contributed by atoms with Gasteiger partial charge in [-0.05, 0) is 6.20 Å². The van der Waals surface area contributed by atoms with E-state index < -0.39 is 0 Å². The second-order valence-electron chi connectivity index (χ2n) is 1.09. The van der Waals surface area contributed by atoms with Gasteiger partial charge < -0.3 is 15.6 Å². The first-order valence-electron chi connectivity index (χ1n) is 1.97. The molecule has 0 spiro atoms. The normalized spacial score (nSPS) is 7.56. The van der Waals surface area contributed by atoms with Gasteiger partial charge in [-0.15, -0.1) is 12.4 Å². The largest absolute Gasteiger partial charge is 0.706 e. The van der Waals surface area contributed by atoms with Crippen LogP contribution >= 0.6 is 0 Å². The average Bonchev–Trinajstić information content (AvgIpc) is 1.90. The maximum atomic E-state index is 8.03. The molecule has 0 aliphatic carbocycles. The van der Waals surface area contributed by atoms with Crippen LogP contribution < -0.4 is 0 Å². The Labute approximate surface area is 77.5 Å². The monoisotopic (exact) mass is 195 g/mol. The first-order valence-corrected chi connectivity index (χ1v) is 1.97. The van der Waals surface area contributed by atoms with Crippen LogP contribution in [0.2, 0.25) is 0 Å². The van der Waals surface area contributed by atoms with Crippen LogP contribution in [0, 0.1) is 6.20 Å². The Balaban J connectivity index is 0.000000640. The maximum absolute atomic E-state index is 8.03. The van der Waals surface area contributed by atoms with E-state index in [4.69, 9.17) is 5.53 Å². The summed E-state index contributed by atoms with van der Waals surface area (Å²) in [4.78, 5) is 7.08. The fourth-order valence-electron chi connectivity index (χ4n) is 0.309. The Morgan fingerprint density at radius 2 is 2.33 bits per heavy atom. The third kappa shape index (κ3) is 2.72. The SMILES string of the molecule is [N-]=Nc1[c-]nccn1.[Y]. The van der Waals surface area contributed by atoms with Gasteiger partial charge in [0.1, 0.15) is 0 Å². The molecule has 0 aliphatic rings. The van der Waals surface area contributed by atoms with Gasteiger partial charge in [0.15, 0.2) is 0 Å². The summed E-state index contributed by atoms with van der Waals surface area (Å²) in [6.07, 6.45) is 5.22. The summed E-state index contributed by atoms with van der Waals surface area (Å²) in [5.74, 6) is 0.104. The molecule has 9 heavy (non-hydrogen) atoms. The van der Waals surface area contributed by atoms with E-state index in [-0.39, 0.29) is 38.5 Å². The zero-order valence-corrected chi connectivity index (χ0v) is 7.36. The summed E-state index contributed by atoms with van der Waals surface area (Å²) in [6, 6.07) is 0. The molecular formula is C4H2N4Y-2. The van der Waals surface area contributed by atoms with Gasteiger partial charge in [-0.2, -0.15) is 0 Å². The Bertz CT molecular complexity index is 175. The van der Waals surface area contributed by atoms with Gasteiger partial charge in [-0.1, -0.05) is 0 Å². The Hall–Kier alpha value is -0.216. The van der Waals surface area contributed by atoms with Crippen LogP contribution in [0.3, 0.4) is 0 Å². The van der Waals surface area contributed by atoms with Crippen LogP contribution in [0.4, 0.5) is 5.82 Å². The van der Waals surface area contributed by atoms with Gasteiger partial charge in [0.05, 0.1) is 5.82 Å². The second kappa shape index (κ2) is 4.64. The predicted molar refractivity (Wildman–Crippen MR) is 26.3 cm³/mol. The molecule has 0 fully saturated rings. The van der Waals surface area contributed by atoms with Crippen LogP contribution in [0.25, 0.3) is 5.53 Å². The summed E-state index contributed by atoms with van der Waals surface area (Å²) >= 11 is 0. The second-order valence-corrected chi connectivity index (χ2v) is 1.09. The molecule has 1 rings (SSSR count). The third-order valence-corrected chi connectivity index (χ3v) is 0.597. The summed E-state index contributed by atoms with van der Waals surface area (Å²) in [7, 11) is 0. The van der Waals surface area contributed by atoms with E-state index in [9.17, 15) is 0 Å². The molecule has 0 aliphatic heterocycles. The van der Waals surface area contributed by atoms with Crippen molar-refractivity contribution in [2.24, 2.45) is 5.11 Å². The van der Waals surface area contributed by atoms with Crippen molar-refractivity contribution in [2.75, 3.05) is 0 Å². The van der Waals surface area contributed by atoms with Crippen molar-refractivity contribution in [3.05, 3.63) is 24.1 Å². The fourth-order valence-corrected chi connectivity index (χ4v) is 0.309. The molecule has 0 atom stereocenters. The van der Waals surface area contributed by atoms with Gasteiger partial charge in [-0.25, -0.2) is 0 Å². The molecule has 0 bridgehead atoms. The summed E-state index contributed by atoms with van der Waals surface area (Å²) in [5, 5.41) is 2.74. The van der Waals surface area contributed by atoms with Crippen LogP contribution in [0.5, 0.6) is 0 Å². The van der Waals surface area contributed by atoms with Crippen molar-refractivity contribution in [1.29, 1.82) is 0 Å². The van der Waals surface area contributed by atoms with Gasteiger partial charge in [0, 0.05) is 32.7 Å². The first kappa shape index (κ1) is 8.78. The third-order valence-electron chi connectivity index (χ3n) is 0.597. The molecule has 0 N–H and O–H groups in total. The Morgan fingerprint density at radius 1 is 1.56 bits per heavy atom. The van der Waals surface area contributed by atoms with E-state index in [1.165, 1.54) is 12.4 Å². The molecule has 0 aromatic carbocycles. The minimum atomic E-state index is 0. The van der Waals surface area contributed by atoms with Crippen LogP contribution in [-0.2, 0) is 32.7 Å². The molecule has 0 saturated carbocycles. The molecule has 0 unspecified atom stereocenters. The van der Waals surface area contributed by atoms with Gasteiger partial charge in [0.2, 0.25) is 0 Å². The molecule has 1 aromatic heterocycles. The number of aromatic nitrogens is 2. The zero-order valence-electron chi connectivity index (χ0n) is 4.52. The van der Waals surface area contributed by atoms with E-state index in [1.54, 1.807) is 0 Å². The molecule has 4 nitrogen and oxygen atoms in total. The molecule has 43 valence electrons. The number of hydrogen-bond acceptors (Lipinski definition) is 3. The van der Waals surface area contributed by atoms with Crippen LogP contribution in [0.1, 0.15) is 0 Å². The Morgan fingerprint density at radius 3 is 2.67 bits per heavy atom. The first-order chi connectivity index (χ1) is 3.93. The minimum absolute atomic E-state index is 0. The van der Waals surface area contributed by atoms with Crippen molar-refractivity contribution in [3.8, 4) is 0 Å². The fraction of sp³-hybridized carbons (Fsp3) is 0. The average molecular weight is 195 g/mol. The molecular weight excluding hydrogens is 193 g/mol. The number of nitrogens with zero attached hydrogens (tertiary/aromatic N) is 4. The summed E-state index contributed by atoms with van der Waals surface area (Å²) in [5.41, 5.74) is 8.03. The Kier molecular flexibility index (Phi) is 4.53. The molecule has 0 saturated heterocycles. The topological polar surface area (TPSA) is 60.4 Å². The van der Waals surface area contributed by atoms with Crippen LogP contribution in [-0.4, -0.2) is 9.97 Å². The smallest absolute Gasteiger partial charge is 0.0550 e. The van der Waals surface area contributed by atoms with E-state index >= 15 is 0 Å². The number of hydrogen-bond donors (Lipinski definition) is 0. The molecule has 1 aromatic rings. The van der Waals surface area contributed by atoms with Crippen molar-refractivity contribution in [2.45, 2.75) is 0 Å². The predicted octanol–water partition coefficient (Wildman–Crippen LogP) is 0.927. The molecule has 1 heterocycles. The van der Waals surface area contributed by atoms with Gasteiger partial charge >= 0.3 is 0 Å². The summed E-state index contributed by atoms with van der Waals surface area (Å²) in [6.45, 7) is 0. The van der Waals surface area contributed by atoms with Crippen molar-refractivity contribution in [1.82, 2.24) is 9.97 Å². The molecule has 0 amide bonds. The van der Waals surface area contributed by atoms with E-state index in [1.807, 2.05) is 0 Å². The van der Waals surface area contributed by atoms with Crippen molar-refractivity contribution < 1.29 is 32.7 Å².